The zero-order chi connectivity index (χ0) is 13.5. The van der Waals surface area contributed by atoms with Crippen molar-refractivity contribution < 1.29 is 4.74 Å². The van der Waals surface area contributed by atoms with Crippen LogP contribution in [0.25, 0.3) is 0 Å². The lowest BCUT2D eigenvalue weighted by molar-refractivity contribution is 0.00919. The number of aromatic nitrogens is 2. The van der Waals surface area contributed by atoms with Crippen molar-refractivity contribution in [3.05, 3.63) is 16.0 Å². The molecular weight excluding hydrogens is 306 g/mol. The van der Waals surface area contributed by atoms with Crippen molar-refractivity contribution in [1.29, 1.82) is 0 Å². The van der Waals surface area contributed by atoms with Crippen LogP contribution in [-0.2, 0) is 10.3 Å². The molecule has 0 radical (unpaired) electrons. The van der Waals surface area contributed by atoms with Gasteiger partial charge >= 0.3 is 0 Å². The summed E-state index contributed by atoms with van der Waals surface area (Å²) in [5.41, 5.74) is 6.78. The smallest absolute Gasteiger partial charge is 0.162 e. The minimum atomic E-state index is -0.359. The van der Waals surface area contributed by atoms with Crippen LogP contribution in [0.4, 0.5) is 5.82 Å². The van der Waals surface area contributed by atoms with Crippen molar-refractivity contribution >= 4 is 21.7 Å². The first kappa shape index (κ1) is 13.3. The molecule has 19 heavy (non-hydrogen) atoms. The van der Waals surface area contributed by atoms with E-state index in [1.54, 1.807) is 0 Å². The van der Waals surface area contributed by atoms with Gasteiger partial charge in [0.25, 0.3) is 0 Å². The van der Waals surface area contributed by atoms with Gasteiger partial charge in [0.1, 0.15) is 11.4 Å². The summed E-state index contributed by atoms with van der Waals surface area (Å²) in [7, 11) is 0. The van der Waals surface area contributed by atoms with E-state index in [1.165, 1.54) is 25.7 Å². The van der Waals surface area contributed by atoms with E-state index < -0.39 is 0 Å². The Hall–Kier alpha value is -0.680. The zero-order valence-electron chi connectivity index (χ0n) is 11.3. The molecule has 1 aliphatic carbocycles. The summed E-state index contributed by atoms with van der Waals surface area (Å²) in [6.45, 7) is 2.86. The third-order valence-electron chi connectivity index (χ3n) is 4.34. The Bertz CT molecular complexity index is 480. The lowest BCUT2D eigenvalue weighted by atomic mass is 9.99. The molecule has 2 N–H and O–H groups in total. The minimum absolute atomic E-state index is 0.359. The van der Waals surface area contributed by atoms with E-state index in [0.717, 1.165) is 35.4 Å². The average molecular weight is 326 g/mol. The van der Waals surface area contributed by atoms with Crippen LogP contribution in [0.2, 0.25) is 0 Å². The maximum atomic E-state index is 6.06. The molecule has 2 aliphatic rings. The van der Waals surface area contributed by atoms with Gasteiger partial charge in [0, 0.05) is 12.5 Å². The van der Waals surface area contributed by atoms with E-state index in [9.17, 15) is 0 Å². The van der Waals surface area contributed by atoms with Crippen LogP contribution >= 0.6 is 15.9 Å². The Kier molecular flexibility index (Phi) is 3.52. The molecule has 2 heterocycles. The van der Waals surface area contributed by atoms with Gasteiger partial charge in [-0.15, -0.1) is 0 Å². The summed E-state index contributed by atoms with van der Waals surface area (Å²) in [6, 6.07) is 0. The van der Waals surface area contributed by atoms with E-state index >= 15 is 0 Å². The number of nitrogens with two attached hydrogens (primary N) is 1. The summed E-state index contributed by atoms with van der Waals surface area (Å²) in [4.78, 5) is 9.26. The third kappa shape index (κ3) is 2.38. The first-order valence-corrected chi connectivity index (χ1v) is 7.87. The molecule has 5 heteroatoms. The number of ether oxygens (including phenoxy) is 1. The minimum Gasteiger partial charge on any atom is -0.383 e. The fraction of sp³-hybridized carbons (Fsp3) is 0.714. The van der Waals surface area contributed by atoms with Crippen LogP contribution in [0.5, 0.6) is 0 Å². The monoisotopic (exact) mass is 325 g/mol. The molecule has 0 bridgehead atoms. The zero-order valence-corrected chi connectivity index (χ0v) is 12.9. The number of nitrogens with zero attached hydrogens (tertiary/aromatic N) is 2. The van der Waals surface area contributed by atoms with Gasteiger partial charge in [0.15, 0.2) is 5.82 Å². The number of rotatable bonds is 2. The highest BCUT2D eigenvalue weighted by Crippen LogP contribution is 2.41. The normalized spacial score (nSPS) is 28.1. The van der Waals surface area contributed by atoms with E-state index in [4.69, 9.17) is 15.5 Å². The second-order valence-corrected chi connectivity index (χ2v) is 6.59. The molecule has 1 saturated heterocycles. The first-order valence-electron chi connectivity index (χ1n) is 7.07. The van der Waals surface area contributed by atoms with Crippen LogP contribution in [0, 0.1) is 0 Å². The van der Waals surface area contributed by atoms with Crippen molar-refractivity contribution in [2.24, 2.45) is 0 Å². The largest absolute Gasteiger partial charge is 0.383 e. The molecule has 104 valence electrons. The molecule has 2 fully saturated rings. The van der Waals surface area contributed by atoms with Gasteiger partial charge in [-0.3, -0.25) is 0 Å². The van der Waals surface area contributed by atoms with Crippen LogP contribution in [0.1, 0.15) is 62.9 Å². The van der Waals surface area contributed by atoms with Crippen molar-refractivity contribution in [2.45, 2.75) is 57.0 Å². The molecule has 0 amide bonds. The van der Waals surface area contributed by atoms with Crippen molar-refractivity contribution in [3.63, 3.8) is 0 Å². The number of nitrogen functional groups attached to an aromatic ring is 1. The van der Waals surface area contributed by atoms with E-state index in [2.05, 4.69) is 27.8 Å². The van der Waals surface area contributed by atoms with Crippen molar-refractivity contribution in [2.75, 3.05) is 12.3 Å². The molecule has 1 atom stereocenters. The summed E-state index contributed by atoms with van der Waals surface area (Å²) in [6.07, 6.45) is 7.00. The van der Waals surface area contributed by atoms with Gasteiger partial charge in [0.2, 0.25) is 0 Å². The van der Waals surface area contributed by atoms with Gasteiger partial charge in [-0.1, -0.05) is 12.8 Å². The summed E-state index contributed by atoms with van der Waals surface area (Å²) in [5.74, 6) is 1.82. The molecule has 1 unspecified atom stereocenters. The van der Waals surface area contributed by atoms with E-state index in [1.807, 2.05) is 0 Å². The summed E-state index contributed by atoms with van der Waals surface area (Å²) in [5, 5.41) is 0. The molecule has 1 aliphatic heterocycles. The highest BCUT2D eigenvalue weighted by Gasteiger charge is 2.36. The van der Waals surface area contributed by atoms with Crippen LogP contribution < -0.4 is 5.73 Å². The maximum Gasteiger partial charge on any atom is 0.162 e. The van der Waals surface area contributed by atoms with Crippen LogP contribution in [0.15, 0.2) is 4.47 Å². The highest BCUT2D eigenvalue weighted by atomic mass is 79.9. The molecular formula is C14H20BrN3O. The topological polar surface area (TPSA) is 61.0 Å². The summed E-state index contributed by atoms with van der Waals surface area (Å²) >= 11 is 3.56. The Balaban J connectivity index is 2.02. The SMILES string of the molecule is CC1(c2nc(N)c(Br)c(C3CCCC3)n2)CCCO1. The second-order valence-electron chi connectivity index (χ2n) is 5.80. The Morgan fingerprint density at radius 1 is 1.26 bits per heavy atom. The van der Waals surface area contributed by atoms with Gasteiger partial charge in [0.05, 0.1) is 10.2 Å². The Labute approximate surface area is 122 Å². The van der Waals surface area contributed by atoms with E-state index in [-0.39, 0.29) is 5.60 Å². The predicted molar refractivity (Wildman–Crippen MR) is 77.9 cm³/mol. The maximum absolute atomic E-state index is 6.06. The molecule has 4 nitrogen and oxygen atoms in total. The van der Waals surface area contributed by atoms with Gasteiger partial charge in [-0.05, 0) is 48.5 Å². The number of hydrogen-bond acceptors (Lipinski definition) is 4. The molecule has 0 aromatic carbocycles. The van der Waals surface area contributed by atoms with E-state index in [0.29, 0.717) is 11.7 Å². The Morgan fingerprint density at radius 2 is 2.00 bits per heavy atom. The molecule has 3 rings (SSSR count). The van der Waals surface area contributed by atoms with Crippen LogP contribution in [0.3, 0.4) is 0 Å². The van der Waals surface area contributed by atoms with Crippen molar-refractivity contribution in [1.82, 2.24) is 9.97 Å². The molecule has 1 saturated carbocycles. The molecule has 1 aromatic rings. The van der Waals surface area contributed by atoms with Gasteiger partial charge in [-0.2, -0.15) is 0 Å². The molecule has 0 spiro atoms. The number of hydrogen-bond donors (Lipinski definition) is 1. The van der Waals surface area contributed by atoms with Gasteiger partial charge < -0.3 is 10.5 Å². The molecule has 1 aromatic heterocycles. The average Bonchev–Trinajstić information content (AvgIpc) is 3.04. The highest BCUT2D eigenvalue weighted by molar-refractivity contribution is 9.10. The Morgan fingerprint density at radius 3 is 2.63 bits per heavy atom. The van der Waals surface area contributed by atoms with Crippen LogP contribution in [-0.4, -0.2) is 16.6 Å². The number of halogens is 1. The summed E-state index contributed by atoms with van der Waals surface area (Å²) < 4.78 is 6.72. The third-order valence-corrected chi connectivity index (χ3v) is 5.15. The fourth-order valence-corrected chi connectivity index (χ4v) is 3.65. The predicted octanol–water partition coefficient (Wildman–Crippen LogP) is 3.50. The lowest BCUT2D eigenvalue weighted by Crippen LogP contribution is -2.25. The van der Waals surface area contributed by atoms with Crippen molar-refractivity contribution in [3.8, 4) is 0 Å². The quantitative estimate of drug-likeness (QED) is 0.903. The second kappa shape index (κ2) is 5.02. The number of anilines is 1. The first-order chi connectivity index (χ1) is 9.10. The standard InChI is InChI=1S/C14H20BrN3O/c1-14(7-4-8-19-14)13-17-11(9-5-2-3-6-9)10(15)12(16)18-13/h9H,2-8H2,1H3,(H2,16,17,18). The van der Waals surface area contributed by atoms with Gasteiger partial charge in [-0.25, -0.2) is 9.97 Å². The fourth-order valence-electron chi connectivity index (χ4n) is 3.14. The lowest BCUT2D eigenvalue weighted by Gasteiger charge is -2.23.